The lowest BCUT2D eigenvalue weighted by atomic mass is 9.85. The molecule has 0 aliphatic carbocycles. The van der Waals surface area contributed by atoms with E-state index in [0.717, 1.165) is 33.8 Å². The van der Waals surface area contributed by atoms with Gasteiger partial charge in [-0.1, -0.05) is 45.0 Å². The van der Waals surface area contributed by atoms with Crippen LogP contribution in [0.25, 0.3) is 21.7 Å². The summed E-state index contributed by atoms with van der Waals surface area (Å²) in [6.07, 6.45) is -3.73. The Balaban J connectivity index is 0.875. The van der Waals surface area contributed by atoms with Crippen LogP contribution in [0.3, 0.4) is 0 Å². The molecule has 2 aliphatic heterocycles. The van der Waals surface area contributed by atoms with Gasteiger partial charge in [-0.2, -0.15) is 23.7 Å². The number of aliphatic hydroxyl groups excluding tert-OH is 1. The molecule has 22 heteroatoms. The number of nitrogens with one attached hydrogen (secondary N) is 2. The molecular weight excluding hydrogens is 1010 g/mol. The lowest BCUT2D eigenvalue weighted by Gasteiger charge is -2.35. The second kappa shape index (κ2) is 22.6. The van der Waals surface area contributed by atoms with Gasteiger partial charge in [-0.25, -0.2) is 9.37 Å². The zero-order valence-corrected chi connectivity index (χ0v) is 43.4. The largest absolute Gasteiger partial charge is 0.492 e. The monoisotopic (exact) mass is 1070 g/mol. The predicted octanol–water partition coefficient (Wildman–Crippen LogP) is 7.98. The van der Waals surface area contributed by atoms with Crippen molar-refractivity contribution in [2.75, 3.05) is 36.2 Å². The fraction of sp³-hybridized carbons (Fsp3) is 0.377. The molecule has 4 amide bonds. The molecule has 4 heterocycles. The highest BCUT2D eigenvalue weighted by atomic mass is 32.1. The molecule has 392 valence electrons. The van der Waals surface area contributed by atoms with Crippen LogP contribution >= 0.6 is 23.6 Å². The first kappa shape index (κ1) is 55.4. The number of nitrogens with zero attached hydrogens (tertiary/aromatic N) is 7. The van der Waals surface area contributed by atoms with E-state index in [4.69, 9.17) is 21.7 Å². The van der Waals surface area contributed by atoms with Crippen LogP contribution in [0.5, 0.6) is 5.75 Å². The number of nitriles is 2. The van der Waals surface area contributed by atoms with Crippen molar-refractivity contribution in [1.82, 2.24) is 25.5 Å². The van der Waals surface area contributed by atoms with Crippen LogP contribution in [0.4, 0.5) is 28.9 Å². The van der Waals surface area contributed by atoms with Gasteiger partial charge < -0.3 is 35.0 Å². The van der Waals surface area contributed by atoms with Crippen molar-refractivity contribution in [3.63, 3.8) is 0 Å². The average molecular weight is 1070 g/mol. The van der Waals surface area contributed by atoms with Crippen molar-refractivity contribution in [2.45, 2.75) is 97.3 Å². The summed E-state index contributed by atoms with van der Waals surface area (Å²) in [5.41, 5.74) is 0.283. The van der Waals surface area contributed by atoms with Crippen molar-refractivity contribution in [2.24, 2.45) is 5.41 Å². The number of carbonyl (C=O) groups excluding carboxylic acids is 4. The molecule has 0 radical (unpaired) electrons. The van der Waals surface area contributed by atoms with E-state index in [9.17, 15) is 48.0 Å². The van der Waals surface area contributed by atoms with Gasteiger partial charge in [0, 0.05) is 31.7 Å². The molecule has 5 aromatic rings. The first-order chi connectivity index (χ1) is 35.5. The van der Waals surface area contributed by atoms with E-state index >= 15 is 4.39 Å². The Hall–Kier alpha value is -7.37. The molecule has 2 aromatic heterocycles. The van der Waals surface area contributed by atoms with Crippen molar-refractivity contribution >= 4 is 63.7 Å². The molecule has 3 atom stereocenters. The molecule has 75 heavy (non-hydrogen) atoms. The second-order valence-electron chi connectivity index (χ2n) is 19.5. The van der Waals surface area contributed by atoms with Gasteiger partial charge in [0.25, 0.3) is 5.91 Å². The SMILES string of the molecule is Cc1ncsc1-c1ccc(CNC(=O)[C@@H]2C[C@@H](O)CN2C(=O)[C@@H](NC(=O)COCCCCOc2ccc(-c3ccc(N4C(=S)N(c5ccc(C#N)c(C(F)(F)F)c5F)C(=O)C4(C)C)cn3)cc2C#N)C(C)(C)C)cc1. The number of rotatable bonds is 17. The van der Waals surface area contributed by atoms with Gasteiger partial charge >= 0.3 is 6.18 Å². The van der Waals surface area contributed by atoms with Crippen LogP contribution < -0.4 is 25.2 Å². The first-order valence-corrected chi connectivity index (χ1v) is 25.0. The van der Waals surface area contributed by atoms with Gasteiger partial charge in [-0.15, -0.1) is 11.3 Å². The van der Waals surface area contributed by atoms with Gasteiger partial charge in [0.15, 0.2) is 10.9 Å². The number of aromatic nitrogens is 2. The van der Waals surface area contributed by atoms with Crippen LogP contribution in [0.1, 0.15) is 81.8 Å². The van der Waals surface area contributed by atoms with Crippen molar-refractivity contribution < 1.29 is 51.3 Å². The Morgan fingerprint density at radius 3 is 2.29 bits per heavy atom. The third-order valence-electron chi connectivity index (χ3n) is 12.7. The molecule has 0 saturated carbocycles. The zero-order chi connectivity index (χ0) is 54.6. The van der Waals surface area contributed by atoms with E-state index in [0.29, 0.717) is 34.7 Å². The number of ether oxygens (including phenoxy) is 2. The number of thiocarbonyl (C=S) groups is 1. The summed E-state index contributed by atoms with van der Waals surface area (Å²) in [5.74, 6) is -3.76. The van der Waals surface area contributed by atoms with Gasteiger partial charge in [0.2, 0.25) is 17.7 Å². The van der Waals surface area contributed by atoms with Crippen LogP contribution in [0.15, 0.2) is 78.4 Å². The number of β-amino-alcohol motifs (C(OH)–C–C–N with tert-alkyl or cyclic N) is 1. The molecule has 0 bridgehead atoms. The highest BCUT2D eigenvalue weighted by Gasteiger charge is 2.52. The maximum atomic E-state index is 15.5. The van der Waals surface area contributed by atoms with Crippen LogP contribution in [-0.2, 0) is 36.6 Å². The molecule has 16 nitrogen and oxygen atoms in total. The van der Waals surface area contributed by atoms with Gasteiger partial charge in [0.05, 0.1) is 69.3 Å². The molecule has 2 aliphatic rings. The molecule has 7 rings (SSSR count). The maximum absolute atomic E-state index is 15.5. The molecule has 2 saturated heterocycles. The number of alkyl halides is 3. The molecule has 2 fully saturated rings. The summed E-state index contributed by atoms with van der Waals surface area (Å²) in [6, 6.07) is 18.9. The van der Waals surface area contributed by atoms with Gasteiger partial charge in [-0.3, -0.25) is 29.1 Å². The Kier molecular flexibility index (Phi) is 16.7. The number of anilines is 2. The second-order valence-corrected chi connectivity index (χ2v) is 20.7. The Bertz CT molecular complexity index is 3080. The van der Waals surface area contributed by atoms with E-state index in [1.165, 1.54) is 35.9 Å². The third-order valence-corrected chi connectivity index (χ3v) is 14.1. The van der Waals surface area contributed by atoms with E-state index in [-0.39, 0.29) is 55.7 Å². The number of unbranched alkanes of at least 4 members (excludes halogenated alkanes) is 1. The minimum absolute atomic E-state index is 0.0522. The highest BCUT2D eigenvalue weighted by molar-refractivity contribution is 7.81. The molecule has 3 N–H and O–H groups in total. The number of halogens is 4. The summed E-state index contributed by atoms with van der Waals surface area (Å²) >= 11 is 7.08. The Morgan fingerprint density at radius 2 is 1.67 bits per heavy atom. The van der Waals surface area contributed by atoms with Crippen molar-refractivity contribution in [3.8, 4) is 39.6 Å². The van der Waals surface area contributed by atoms with Gasteiger partial charge in [0.1, 0.15) is 41.6 Å². The molecule has 0 spiro atoms. The number of pyridine rings is 1. The standard InChI is InChI=1S/C53H53F4N9O7S2/c1-30-45(75-29-62-30)32-11-9-31(10-12-32)25-61-47(69)40-22-37(67)27-64(40)48(70)46(51(2,3)4)63-42(68)28-72-19-7-8-20-73-41-18-14-33(21-35(41)24-59)38-16-15-36(26-60-38)66-50(74)65(49(71)52(66,5)6)39-17-13-34(23-58)43(44(39)54)53(55,56)57/h9-18,21,26,29,37,40,46,67H,7-8,19-20,22,25,27-28H2,1-6H3,(H,61,69)(H,63,68)/t37-,40+,46-/m1/s1. The summed E-state index contributed by atoms with van der Waals surface area (Å²) in [7, 11) is 0. The zero-order valence-electron chi connectivity index (χ0n) is 41.8. The number of carbonyl (C=O) groups is 4. The number of aliphatic hydroxyl groups is 1. The number of likely N-dealkylation sites (tertiary alicyclic amines) is 1. The van der Waals surface area contributed by atoms with Crippen LogP contribution in [-0.4, -0.2) is 98.8 Å². The molecular formula is C53H53F4N9O7S2. The summed E-state index contributed by atoms with van der Waals surface area (Å²) in [6.45, 7) is 10.5. The van der Waals surface area contributed by atoms with Crippen molar-refractivity contribution in [1.29, 1.82) is 10.5 Å². The first-order valence-electron chi connectivity index (χ1n) is 23.7. The number of amides is 4. The quantitative estimate of drug-likeness (QED) is 0.0458. The smallest absolute Gasteiger partial charge is 0.420 e. The number of hydrogen-bond donors (Lipinski definition) is 3. The van der Waals surface area contributed by atoms with E-state index in [2.05, 4.69) is 26.7 Å². The predicted molar refractivity (Wildman–Crippen MR) is 274 cm³/mol. The fourth-order valence-corrected chi connectivity index (χ4v) is 10.1. The summed E-state index contributed by atoms with van der Waals surface area (Å²) < 4.78 is 68.4. The normalized spacial score (nSPS) is 16.9. The minimum atomic E-state index is -5.22. The van der Waals surface area contributed by atoms with Crippen LogP contribution in [0, 0.1) is 40.8 Å². The van der Waals surface area contributed by atoms with Crippen LogP contribution in [0.2, 0.25) is 0 Å². The van der Waals surface area contributed by atoms with Gasteiger partial charge in [-0.05, 0) is 105 Å². The lowest BCUT2D eigenvalue weighted by molar-refractivity contribution is -0.144. The number of aryl methyl sites for hydroxylation is 1. The number of benzene rings is 3. The molecule has 3 aromatic carbocycles. The topological polar surface area (TPSA) is 214 Å². The molecule has 0 unspecified atom stereocenters. The number of hydrogen-bond acceptors (Lipinski definition) is 13. The highest BCUT2D eigenvalue weighted by Crippen LogP contribution is 2.42. The maximum Gasteiger partial charge on any atom is 0.420 e. The fourth-order valence-electron chi connectivity index (χ4n) is 8.78. The minimum Gasteiger partial charge on any atom is -0.492 e. The lowest BCUT2D eigenvalue weighted by Crippen LogP contribution is -2.58. The van der Waals surface area contributed by atoms with Crippen molar-refractivity contribution in [3.05, 3.63) is 112 Å². The van der Waals surface area contributed by atoms with E-state index in [1.54, 1.807) is 68.0 Å². The average Bonchev–Trinajstić information content (AvgIpc) is 4.03. The van der Waals surface area contributed by atoms with E-state index in [1.807, 2.05) is 31.2 Å². The Labute approximate surface area is 439 Å². The Morgan fingerprint density at radius 1 is 0.973 bits per heavy atom. The summed E-state index contributed by atoms with van der Waals surface area (Å²) in [4.78, 5) is 67.4. The third kappa shape index (κ3) is 12.1. The number of thiazole rings is 1. The van der Waals surface area contributed by atoms with E-state index < -0.39 is 81.6 Å². The summed E-state index contributed by atoms with van der Waals surface area (Å²) in [5, 5.41) is 35.1.